The van der Waals surface area contributed by atoms with Gasteiger partial charge < -0.3 is 16.0 Å². The molecule has 0 aromatic heterocycles. The predicted octanol–water partition coefficient (Wildman–Crippen LogP) is 2.48. The summed E-state index contributed by atoms with van der Waals surface area (Å²) in [4.78, 5) is 26.4. The van der Waals surface area contributed by atoms with Gasteiger partial charge >= 0.3 is 0 Å². The van der Waals surface area contributed by atoms with E-state index >= 15 is 0 Å². The normalized spacial score (nSPS) is 16.8. The first kappa shape index (κ1) is 20.0. The minimum atomic E-state index is -0.442. The fourth-order valence-corrected chi connectivity index (χ4v) is 3.08. The Kier molecular flexibility index (Phi) is 8.12. The number of nitrogens with two attached hydrogens (primary N) is 1. The van der Waals surface area contributed by atoms with Crippen LogP contribution in [0.25, 0.3) is 0 Å². The molecule has 1 saturated heterocycles. The molecule has 8 heteroatoms. The minimum absolute atomic E-state index is 0. The van der Waals surface area contributed by atoms with Crippen molar-refractivity contribution in [3.63, 3.8) is 0 Å². The number of benzene rings is 1. The number of nitrogens with one attached hydrogen (secondary N) is 1. The van der Waals surface area contributed by atoms with E-state index in [1.807, 2.05) is 0 Å². The predicted molar refractivity (Wildman–Crippen MR) is 94.4 cm³/mol. The molecule has 2 rings (SSSR count). The molecule has 1 aliphatic rings. The molecular weight excluding hydrogens is 361 g/mol. The second kappa shape index (κ2) is 9.33. The van der Waals surface area contributed by atoms with Crippen molar-refractivity contribution in [1.29, 1.82) is 0 Å². The summed E-state index contributed by atoms with van der Waals surface area (Å²) in [6, 6.07) is 4.26. The van der Waals surface area contributed by atoms with Crippen molar-refractivity contribution in [2.75, 3.05) is 19.6 Å². The van der Waals surface area contributed by atoms with Crippen molar-refractivity contribution in [3.05, 3.63) is 33.8 Å². The SMILES string of the molecule is Cl.NCCCNC(=O)C1CCCN1C(=O)c1cc(Cl)cc(Cl)c1. The van der Waals surface area contributed by atoms with E-state index in [-0.39, 0.29) is 24.2 Å². The third-order valence-corrected chi connectivity index (χ3v) is 4.04. The molecule has 1 fully saturated rings. The Hall–Kier alpha value is -1.01. The monoisotopic (exact) mass is 379 g/mol. The molecule has 1 aromatic carbocycles. The summed E-state index contributed by atoms with van der Waals surface area (Å²) in [5.74, 6) is -0.353. The van der Waals surface area contributed by atoms with Crippen LogP contribution in [0.15, 0.2) is 18.2 Å². The Balaban J connectivity index is 0.00000264. The maximum atomic E-state index is 12.6. The number of carbonyl (C=O) groups excluding carboxylic acids is 2. The molecule has 1 aliphatic heterocycles. The van der Waals surface area contributed by atoms with E-state index in [1.54, 1.807) is 23.1 Å². The van der Waals surface area contributed by atoms with E-state index in [1.165, 1.54) is 0 Å². The fourth-order valence-electron chi connectivity index (χ4n) is 2.56. The van der Waals surface area contributed by atoms with Gasteiger partial charge in [0.15, 0.2) is 0 Å². The average Bonchev–Trinajstić information content (AvgIpc) is 2.95. The number of likely N-dealkylation sites (tertiary alicyclic amines) is 1. The Bertz CT molecular complexity index is 549. The highest BCUT2D eigenvalue weighted by Crippen LogP contribution is 2.24. The van der Waals surface area contributed by atoms with Gasteiger partial charge in [0.2, 0.25) is 5.91 Å². The average molecular weight is 381 g/mol. The maximum absolute atomic E-state index is 12.6. The van der Waals surface area contributed by atoms with Crippen LogP contribution in [0.2, 0.25) is 10.0 Å². The smallest absolute Gasteiger partial charge is 0.254 e. The zero-order valence-corrected chi connectivity index (χ0v) is 14.9. The first-order chi connectivity index (χ1) is 10.5. The number of halogens is 3. The van der Waals surface area contributed by atoms with E-state index < -0.39 is 6.04 Å². The third-order valence-electron chi connectivity index (χ3n) is 3.61. The molecule has 1 heterocycles. The topological polar surface area (TPSA) is 75.4 Å². The number of nitrogens with zero attached hydrogens (tertiary/aromatic N) is 1. The maximum Gasteiger partial charge on any atom is 0.254 e. The number of amides is 2. The van der Waals surface area contributed by atoms with Crippen LogP contribution in [0, 0.1) is 0 Å². The molecule has 5 nitrogen and oxygen atoms in total. The first-order valence-electron chi connectivity index (χ1n) is 7.28. The lowest BCUT2D eigenvalue weighted by Crippen LogP contribution is -2.46. The highest BCUT2D eigenvalue weighted by Gasteiger charge is 2.34. The van der Waals surface area contributed by atoms with Gasteiger partial charge in [0.05, 0.1) is 0 Å². The summed E-state index contributed by atoms with van der Waals surface area (Å²) in [6.07, 6.45) is 2.18. The number of hydrogen-bond acceptors (Lipinski definition) is 3. The van der Waals surface area contributed by atoms with Crippen LogP contribution in [0.3, 0.4) is 0 Å². The van der Waals surface area contributed by atoms with Crippen molar-refractivity contribution >= 4 is 47.4 Å². The molecule has 1 aromatic rings. The molecule has 128 valence electrons. The fraction of sp³-hybridized carbons (Fsp3) is 0.467. The standard InChI is InChI=1S/C15H19Cl2N3O2.ClH/c16-11-7-10(8-12(17)9-11)15(22)20-6-1-3-13(20)14(21)19-5-2-4-18;/h7-9,13H,1-6,18H2,(H,19,21);1H. The second-order valence-corrected chi connectivity index (χ2v) is 6.12. The molecule has 23 heavy (non-hydrogen) atoms. The lowest BCUT2D eigenvalue weighted by Gasteiger charge is -2.24. The van der Waals surface area contributed by atoms with Gasteiger partial charge in [-0.15, -0.1) is 12.4 Å². The first-order valence-corrected chi connectivity index (χ1v) is 8.03. The molecule has 1 atom stereocenters. The van der Waals surface area contributed by atoms with E-state index in [0.29, 0.717) is 41.7 Å². The van der Waals surface area contributed by atoms with Gasteiger partial charge in [0, 0.05) is 28.7 Å². The van der Waals surface area contributed by atoms with Gasteiger partial charge in [-0.2, -0.15) is 0 Å². The van der Waals surface area contributed by atoms with Crippen molar-refractivity contribution in [1.82, 2.24) is 10.2 Å². The van der Waals surface area contributed by atoms with Crippen LogP contribution in [0.5, 0.6) is 0 Å². The van der Waals surface area contributed by atoms with Crippen LogP contribution in [-0.2, 0) is 4.79 Å². The quantitative estimate of drug-likeness (QED) is 0.771. The molecule has 0 saturated carbocycles. The summed E-state index contributed by atoms with van der Waals surface area (Å²) >= 11 is 11.9. The largest absolute Gasteiger partial charge is 0.354 e. The Morgan fingerprint density at radius 2 is 1.91 bits per heavy atom. The van der Waals surface area contributed by atoms with Crippen molar-refractivity contribution in [3.8, 4) is 0 Å². The second-order valence-electron chi connectivity index (χ2n) is 5.25. The molecule has 0 radical (unpaired) electrons. The van der Waals surface area contributed by atoms with E-state index in [2.05, 4.69) is 5.32 Å². The van der Waals surface area contributed by atoms with Crippen LogP contribution in [-0.4, -0.2) is 42.4 Å². The molecular formula is C15H20Cl3N3O2. The lowest BCUT2D eigenvalue weighted by molar-refractivity contribution is -0.124. The lowest BCUT2D eigenvalue weighted by atomic mass is 10.1. The van der Waals surface area contributed by atoms with E-state index in [9.17, 15) is 9.59 Å². The zero-order chi connectivity index (χ0) is 16.1. The number of hydrogen-bond donors (Lipinski definition) is 2. The van der Waals surface area contributed by atoms with Crippen LogP contribution >= 0.6 is 35.6 Å². The molecule has 3 N–H and O–H groups in total. The van der Waals surface area contributed by atoms with Crippen molar-refractivity contribution < 1.29 is 9.59 Å². The van der Waals surface area contributed by atoms with Crippen molar-refractivity contribution in [2.45, 2.75) is 25.3 Å². The summed E-state index contributed by atoms with van der Waals surface area (Å²) in [5, 5.41) is 3.62. The van der Waals surface area contributed by atoms with Gasteiger partial charge in [-0.3, -0.25) is 9.59 Å². The molecule has 0 spiro atoms. The highest BCUT2D eigenvalue weighted by molar-refractivity contribution is 6.35. The van der Waals surface area contributed by atoms with Gasteiger partial charge in [-0.25, -0.2) is 0 Å². The summed E-state index contributed by atoms with van der Waals surface area (Å²) in [5.41, 5.74) is 5.81. The van der Waals surface area contributed by atoms with Crippen molar-refractivity contribution in [2.24, 2.45) is 5.73 Å². The van der Waals surface area contributed by atoms with E-state index in [0.717, 1.165) is 12.8 Å². The van der Waals surface area contributed by atoms with Gasteiger partial charge in [-0.05, 0) is 44.0 Å². The van der Waals surface area contributed by atoms with Gasteiger partial charge in [0.1, 0.15) is 6.04 Å². The number of rotatable bonds is 5. The summed E-state index contributed by atoms with van der Waals surface area (Å²) < 4.78 is 0. The highest BCUT2D eigenvalue weighted by atomic mass is 35.5. The Morgan fingerprint density at radius 3 is 2.52 bits per heavy atom. The summed E-state index contributed by atoms with van der Waals surface area (Å²) in [6.45, 7) is 1.60. The van der Waals surface area contributed by atoms with Crippen LogP contribution in [0.4, 0.5) is 0 Å². The van der Waals surface area contributed by atoms with Gasteiger partial charge in [0.25, 0.3) is 5.91 Å². The molecule has 0 aliphatic carbocycles. The zero-order valence-electron chi connectivity index (χ0n) is 12.6. The summed E-state index contributed by atoms with van der Waals surface area (Å²) in [7, 11) is 0. The molecule has 1 unspecified atom stereocenters. The Labute approximate surface area is 151 Å². The van der Waals surface area contributed by atoms with Gasteiger partial charge in [-0.1, -0.05) is 23.2 Å². The van der Waals surface area contributed by atoms with Crippen LogP contribution in [0.1, 0.15) is 29.6 Å². The van der Waals surface area contributed by atoms with E-state index in [4.69, 9.17) is 28.9 Å². The molecule has 2 amide bonds. The van der Waals surface area contributed by atoms with Crippen LogP contribution < -0.4 is 11.1 Å². The minimum Gasteiger partial charge on any atom is -0.354 e. The molecule has 0 bridgehead atoms. The Morgan fingerprint density at radius 1 is 1.26 bits per heavy atom. The number of carbonyl (C=O) groups is 2. The third kappa shape index (κ3) is 5.24.